The third-order valence-corrected chi connectivity index (χ3v) is 5.43. The van der Waals surface area contributed by atoms with Crippen LogP contribution in [-0.2, 0) is 11.2 Å². The Hall–Kier alpha value is -2.60. The summed E-state index contributed by atoms with van der Waals surface area (Å²) in [5, 5.41) is 11.6. The van der Waals surface area contributed by atoms with Crippen LogP contribution in [0.1, 0.15) is 62.1 Å². The maximum Gasteiger partial charge on any atom is 0.277 e. The van der Waals surface area contributed by atoms with Crippen molar-refractivity contribution in [3.63, 3.8) is 0 Å². The third-order valence-electron chi connectivity index (χ3n) is 4.61. The fourth-order valence-electron chi connectivity index (χ4n) is 3.14. The Morgan fingerprint density at radius 2 is 1.62 bits per heavy atom. The number of benzene rings is 2. The van der Waals surface area contributed by atoms with Gasteiger partial charge in [-0.3, -0.25) is 4.79 Å². The van der Waals surface area contributed by atoms with E-state index < -0.39 is 0 Å². The van der Waals surface area contributed by atoms with Crippen molar-refractivity contribution in [2.75, 3.05) is 11.1 Å². The highest BCUT2D eigenvalue weighted by molar-refractivity contribution is 7.99. The molecule has 0 aliphatic carbocycles. The summed E-state index contributed by atoms with van der Waals surface area (Å²) in [5.41, 5.74) is 4.34. The summed E-state index contributed by atoms with van der Waals surface area (Å²) in [5.74, 6) is 1.34. The van der Waals surface area contributed by atoms with E-state index in [0.29, 0.717) is 29.4 Å². The highest BCUT2D eigenvalue weighted by Gasteiger charge is 2.17. The van der Waals surface area contributed by atoms with E-state index in [9.17, 15) is 4.79 Å². The van der Waals surface area contributed by atoms with Crippen LogP contribution >= 0.6 is 11.8 Å². The first-order chi connectivity index (χ1) is 13.9. The Kier molecular flexibility index (Phi) is 7.09. The highest BCUT2D eigenvalue weighted by Crippen LogP contribution is 2.32. The van der Waals surface area contributed by atoms with Crippen molar-refractivity contribution in [3.05, 3.63) is 71.1 Å². The fourth-order valence-corrected chi connectivity index (χ4v) is 3.72. The van der Waals surface area contributed by atoms with E-state index in [-0.39, 0.29) is 11.7 Å². The van der Waals surface area contributed by atoms with Gasteiger partial charge in [0.05, 0.1) is 12.2 Å². The zero-order valence-corrected chi connectivity index (χ0v) is 18.1. The van der Waals surface area contributed by atoms with Gasteiger partial charge in [-0.25, -0.2) is 0 Å². The molecule has 1 heterocycles. The molecule has 0 aliphatic heterocycles. The van der Waals surface area contributed by atoms with Gasteiger partial charge < -0.3 is 9.73 Å². The van der Waals surface area contributed by atoms with Gasteiger partial charge in [0, 0.05) is 5.69 Å². The molecule has 5 nitrogen and oxygen atoms in total. The fraction of sp³-hybridized carbons (Fsp3) is 0.348. The smallest absolute Gasteiger partial charge is 0.277 e. The van der Waals surface area contributed by atoms with E-state index >= 15 is 0 Å². The third kappa shape index (κ3) is 5.70. The van der Waals surface area contributed by atoms with Crippen LogP contribution in [0.3, 0.4) is 0 Å². The Labute approximate surface area is 176 Å². The van der Waals surface area contributed by atoms with Crippen LogP contribution in [0, 0.1) is 0 Å². The SMILES string of the molecule is CC(C)c1cccc(C(C)C)c1NC(=O)CSc1nnc(Cc2ccccc2)o1. The maximum absolute atomic E-state index is 12.6. The van der Waals surface area contributed by atoms with Crippen LogP contribution in [0.4, 0.5) is 5.69 Å². The number of aromatic nitrogens is 2. The van der Waals surface area contributed by atoms with Gasteiger partial charge in [-0.15, -0.1) is 10.2 Å². The van der Waals surface area contributed by atoms with E-state index in [0.717, 1.165) is 22.4 Å². The second kappa shape index (κ2) is 9.74. The average Bonchev–Trinajstić information content (AvgIpc) is 3.14. The standard InChI is InChI=1S/C23H27N3O2S/c1-15(2)18-11-8-12-19(16(3)4)22(18)24-20(27)14-29-23-26-25-21(28-23)13-17-9-6-5-7-10-17/h5-12,15-16H,13-14H2,1-4H3,(H,24,27). The molecule has 1 aromatic heterocycles. The van der Waals surface area contributed by atoms with E-state index in [2.05, 4.69) is 61.4 Å². The number of rotatable bonds is 8. The van der Waals surface area contributed by atoms with E-state index in [4.69, 9.17) is 4.42 Å². The number of hydrogen-bond acceptors (Lipinski definition) is 5. The molecule has 2 aromatic carbocycles. The van der Waals surface area contributed by atoms with Crippen molar-refractivity contribution in [3.8, 4) is 0 Å². The lowest BCUT2D eigenvalue weighted by molar-refractivity contribution is -0.113. The molecule has 0 fully saturated rings. The van der Waals surface area contributed by atoms with Crippen molar-refractivity contribution in [2.24, 2.45) is 0 Å². The number of para-hydroxylation sites is 1. The molecular formula is C23H27N3O2S. The molecule has 6 heteroatoms. The Morgan fingerprint density at radius 3 is 2.24 bits per heavy atom. The largest absolute Gasteiger partial charge is 0.416 e. The minimum atomic E-state index is -0.0761. The topological polar surface area (TPSA) is 68.0 Å². The average molecular weight is 410 g/mol. The van der Waals surface area contributed by atoms with Crippen LogP contribution in [0.15, 0.2) is 58.2 Å². The number of anilines is 1. The van der Waals surface area contributed by atoms with Crippen molar-refractivity contribution < 1.29 is 9.21 Å². The Morgan fingerprint density at radius 1 is 0.966 bits per heavy atom. The number of nitrogens with one attached hydrogen (secondary N) is 1. The maximum atomic E-state index is 12.6. The predicted octanol–water partition coefficient (Wildman–Crippen LogP) is 5.64. The molecule has 0 saturated carbocycles. The minimum absolute atomic E-state index is 0.0761. The molecule has 3 rings (SSSR count). The molecular weight excluding hydrogens is 382 g/mol. The van der Waals surface area contributed by atoms with E-state index in [1.165, 1.54) is 11.8 Å². The lowest BCUT2D eigenvalue weighted by atomic mass is 9.92. The predicted molar refractivity (Wildman–Crippen MR) is 118 cm³/mol. The molecule has 0 unspecified atom stereocenters. The summed E-state index contributed by atoms with van der Waals surface area (Å²) < 4.78 is 5.67. The van der Waals surface area contributed by atoms with E-state index in [1.54, 1.807) is 0 Å². The van der Waals surface area contributed by atoms with Crippen LogP contribution in [-0.4, -0.2) is 21.9 Å². The molecule has 0 bridgehead atoms. The molecule has 0 saturated heterocycles. The Balaban J connectivity index is 1.62. The molecule has 0 atom stereocenters. The molecule has 0 spiro atoms. The molecule has 3 aromatic rings. The summed E-state index contributed by atoms with van der Waals surface area (Å²) in [7, 11) is 0. The zero-order valence-electron chi connectivity index (χ0n) is 17.3. The molecule has 0 radical (unpaired) electrons. The van der Waals surface area contributed by atoms with Crippen LogP contribution in [0.25, 0.3) is 0 Å². The van der Waals surface area contributed by atoms with Crippen molar-refractivity contribution >= 4 is 23.4 Å². The van der Waals surface area contributed by atoms with Gasteiger partial charge in [-0.05, 0) is 28.5 Å². The first-order valence-corrected chi connectivity index (χ1v) is 10.8. The minimum Gasteiger partial charge on any atom is -0.416 e. The monoisotopic (exact) mass is 409 g/mol. The summed E-state index contributed by atoms with van der Waals surface area (Å²) in [4.78, 5) is 12.6. The van der Waals surface area contributed by atoms with Crippen LogP contribution in [0.5, 0.6) is 0 Å². The molecule has 1 amide bonds. The Bertz CT molecular complexity index is 926. The van der Waals surface area contributed by atoms with Gasteiger partial charge in [0.25, 0.3) is 5.22 Å². The van der Waals surface area contributed by atoms with Gasteiger partial charge in [-0.1, -0.05) is 88.0 Å². The number of carbonyl (C=O) groups is 1. The number of carbonyl (C=O) groups excluding carboxylic acids is 1. The number of nitrogens with zero attached hydrogens (tertiary/aromatic N) is 2. The zero-order chi connectivity index (χ0) is 20.8. The lowest BCUT2D eigenvalue weighted by Gasteiger charge is -2.20. The first-order valence-electron chi connectivity index (χ1n) is 9.85. The van der Waals surface area contributed by atoms with Crippen molar-refractivity contribution in [1.82, 2.24) is 10.2 Å². The van der Waals surface area contributed by atoms with Crippen LogP contribution in [0.2, 0.25) is 0 Å². The van der Waals surface area contributed by atoms with Gasteiger partial charge >= 0.3 is 0 Å². The second-order valence-electron chi connectivity index (χ2n) is 7.58. The summed E-state index contributed by atoms with van der Waals surface area (Å²) in [6, 6.07) is 16.2. The van der Waals surface area contributed by atoms with Gasteiger partial charge in [0.15, 0.2) is 0 Å². The summed E-state index contributed by atoms with van der Waals surface area (Å²) in [6.07, 6.45) is 0.583. The molecule has 1 N–H and O–H groups in total. The van der Waals surface area contributed by atoms with Gasteiger partial charge in [0.1, 0.15) is 0 Å². The number of hydrogen-bond donors (Lipinski definition) is 1. The quantitative estimate of drug-likeness (QED) is 0.488. The molecule has 152 valence electrons. The normalized spacial score (nSPS) is 11.2. The van der Waals surface area contributed by atoms with E-state index in [1.807, 2.05) is 30.3 Å². The first kappa shape index (κ1) is 21.1. The highest BCUT2D eigenvalue weighted by atomic mass is 32.2. The summed E-state index contributed by atoms with van der Waals surface area (Å²) in [6.45, 7) is 8.54. The summed E-state index contributed by atoms with van der Waals surface area (Å²) >= 11 is 1.26. The number of amides is 1. The lowest BCUT2D eigenvalue weighted by Crippen LogP contribution is -2.17. The molecule has 0 aliphatic rings. The van der Waals surface area contributed by atoms with Gasteiger partial charge in [-0.2, -0.15) is 0 Å². The van der Waals surface area contributed by atoms with Gasteiger partial charge in [0.2, 0.25) is 11.8 Å². The number of thioether (sulfide) groups is 1. The molecule has 29 heavy (non-hydrogen) atoms. The van der Waals surface area contributed by atoms with Crippen molar-refractivity contribution in [1.29, 1.82) is 0 Å². The van der Waals surface area contributed by atoms with Crippen LogP contribution < -0.4 is 5.32 Å². The second-order valence-corrected chi connectivity index (χ2v) is 8.51. The van der Waals surface area contributed by atoms with Crippen molar-refractivity contribution in [2.45, 2.75) is 51.2 Å².